The molecule has 0 saturated carbocycles. The number of aryl methyl sites for hydroxylation is 1. The normalized spacial score (nSPS) is 10.3. The summed E-state index contributed by atoms with van der Waals surface area (Å²) in [6.07, 6.45) is 4.20. The topological polar surface area (TPSA) is 62.2 Å². The number of carbonyl (C=O) groups excluding carboxylic acids is 1. The number of halogens is 1. The molecular formula is C15H15BrN2O2. The van der Waals surface area contributed by atoms with E-state index >= 15 is 0 Å². The summed E-state index contributed by atoms with van der Waals surface area (Å²) in [5.41, 5.74) is 2.34. The minimum atomic E-state index is -0.120. The van der Waals surface area contributed by atoms with E-state index < -0.39 is 0 Å². The Morgan fingerprint density at radius 3 is 2.70 bits per heavy atom. The van der Waals surface area contributed by atoms with E-state index in [4.69, 9.17) is 0 Å². The molecule has 2 N–H and O–H groups in total. The number of benzene rings is 1. The van der Waals surface area contributed by atoms with Crippen LogP contribution in [0, 0.1) is 0 Å². The maximum atomic E-state index is 11.9. The van der Waals surface area contributed by atoms with E-state index in [9.17, 15) is 9.90 Å². The van der Waals surface area contributed by atoms with Crippen molar-refractivity contribution in [3.63, 3.8) is 0 Å². The summed E-state index contributed by atoms with van der Waals surface area (Å²) in [5.74, 6) is -0.0874. The number of pyridine rings is 1. The zero-order valence-electron chi connectivity index (χ0n) is 10.8. The molecule has 0 atom stereocenters. The van der Waals surface area contributed by atoms with Crippen LogP contribution in [0.3, 0.4) is 0 Å². The lowest BCUT2D eigenvalue weighted by molar-refractivity contribution is -0.116. The van der Waals surface area contributed by atoms with E-state index in [0.717, 1.165) is 10.0 Å². The summed E-state index contributed by atoms with van der Waals surface area (Å²) in [6, 6.07) is 9.57. The predicted molar refractivity (Wildman–Crippen MR) is 81.3 cm³/mol. The minimum Gasteiger partial charge on any atom is -0.392 e. The molecular weight excluding hydrogens is 320 g/mol. The molecule has 0 aliphatic heterocycles. The fourth-order valence-electron chi connectivity index (χ4n) is 1.80. The van der Waals surface area contributed by atoms with Crippen molar-refractivity contribution in [2.75, 3.05) is 5.32 Å². The van der Waals surface area contributed by atoms with Gasteiger partial charge in [0.05, 0.1) is 18.5 Å². The number of nitrogens with one attached hydrogen (secondary N) is 1. The van der Waals surface area contributed by atoms with Crippen LogP contribution in [0.5, 0.6) is 0 Å². The van der Waals surface area contributed by atoms with Crippen LogP contribution < -0.4 is 5.32 Å². The molecule has 0 aliphatic rings. The molecule has 0 aliphatic carbocycles. The number of carbonyl (C=O) groups is 1. The fraction of sp³-hybridized carbons (Fsp3) is 0.200. The third-order valence-corrected chi connectivity index (χ3v) is 3.44. The molecule has 0 saturated heterocycles. The third kappa shape index (κ3) is 4.15. The number of aromatic nitrogens is 1. The highest BCUT2D eigenvalue weighted by molar-refractivity contribution is 9.10. The van der Waals surface area contributed by atoms with Crippen LogP contribution in [-0.4, -0.2) is 16.0 Å². The van der Waals surface area contributed by atoms with Gasteiger partial charge in [0.1, 0.15) is 0 Å². The molecule has 104 valence electrons. The summed E-state index contributed by atoms with van der Waals surface area (Å²) in [4.78, 5) is 15.8. The summed E-state index contributed by atoms with van der Waals surface area (Å²) >= 11 is 3.38. The molecule has 2 aromatic rings. The van der Waals surface area contributed by atoms with E-state index in [1.54, 1.807) is 18.5 Å². The quantitative estimate of drug-likeness (QED) is 0.883. The van der Waals surface area contributed by atoms with Crippen molar-refractivity contribution in [3.05, 3.63) is 58.3 Å². The lowest BCUT2D eigenvalue weighted by Gasteiger charge is -2.08. The molecule has 0 spiro atoms. The largest absolute Gasteiger partial charge is 0.392 e. The number of nitrogens with zero attached hydrogens (tertiary/aromatic N) is 1. The Balaban J connectivity index is 1.91. The summed E-state index contributed by atoms with van der Waals surface area (Å²) in [6.45, 7) is -0.120. The van der Waals surface area contributed by atoms with Crippen LogP contribution in [-0.2, 0) is 17.8 Å². The molecule has 0 bridgehead atoms. The third-order valence-electron chi connectivity index (χ3n) is 2.91. The molecule has 1 heterocycles. The summed E-state index contributed by atoms with van der Waals surface area (Å²) in [7, 11) is 0. The first kappa shape index (κ1) is 14.7. The Bertz CT molecular complexity index is 585. The van der Waals surface area contributed by atoms with Crippen molar-refractivity contribution in [3.8, 4) is 0 Å². The zero-order valence-corrected chi connectivity index (χ0v) is 12.4. The van der Waals surface area contributed by atoms with Gasteiger partial charge in [0.25, 0.3) is 0 Å². The number of rotatable bonds is 5. The maximum absolute atomic E-state index is 11.9. The van der Waals surface area contributed by atoms with E-state index in [-0.39, 0.29) is 12.5 Å². The number of hydrogen-bond donors (Lipinski definition) is 2. The van der Waals surface area contributed by atoms with Crippen molar-refractivity contribution in [1.29, 1.82) is 0 Å². The fourth-order valence-corrected chi connectivity index (χ4v) is 2.06. The monoisotopic (exact) mass is 334 g/mol. The molecule has 1 aromatic heterocycles. The van der Waals surface area contributed by atoms with Crippen molar-refractivity contribution in [2.24, 2.45) is 0 Å². The van der Waals surface area contributed by atoms with Crippen LogP contribution in [0.4, 0.5) is 5.69 Å². The average molecular weight is 335 g/mol. The Labute approximate surface area is 126 Å². The van der Waals surface area contributed by atoms with Crippen molar-refractivity contribution < 1.29 is 9.90 Å². The van der Waals surface area contributed by atoms with Gasteiger partial charge in [0, 0.05) is 22.7 Å². The maximum Gasteiger partial charge on any atom is 0.224 e. The van der Waals surface area contributed by atoms with Gasteiger partial charge in [0.2, 0.25) is 5.91 Å². The molecule has 1 amide bonds. The van der Waals surface area contributed by atoms with Gasteiger partial charge in [-0.25, -0.2) is 0 Å². The van der Waals surface area contributed by atoms with Crippen molar-refractivity contribution >= 4 is 27.5 Å². The van der Waals surface area contributed by atoms with Gasteiger partial charge < -0.3 is 10.4 Å². The molecule has 0 radical (unpaired) electrons. The van der Waals surface area contributed by atoms with Gasteiger partial charge in [-0.05, 0) is 30.2 Å². The minimum absolute atomic E-state index is 0.0874. The van der Waals surface area contributed by atoms with Gasteiger partial charge >= 0.3 is 0 Å². The average Bonchev–Trinajstić information content (AvgIpc) is 2.47. The number of aliphatic hydroxyl groups is 1. The molecule has 0 unspecified atom stereocenters. The van der Waals surface area contributed by atoms with Crippen LogP contribution >= 0.6 is 15.9 Å². The van der Waals surface area contributed by atoms with E-state index in [1.807, 2.05) is 24.3 Å². The number of anilines is 1. The molecule has 2 rings (SSSR count). The number of hydrogen-bond acceptors (Lipinski definition) is 3. The van der Waals surface area contributed by atoms with E-state index in [1.165, 1.54) is 0 Å². The zero-order chi connectivity index (χ0) is 14.4. The van der Waals surface area contributed by atoms with Crippen molar-refractivity contribution in [1.82, 2.24) is 4.98 Å². The molecule has 5 heteroatoms. The first-order valence-electron chi connectivity index (χ1n) is 6.27. The summed E-state index contributed by atoms with van der Waals surface area (Å²) < 4.78 is 1.02. The van der Waals surface area contributed by atoms with Gasteiger partial charge in [0.15, 0.2) is 0 Å². The highest BCUT2D eigenvalue weighted by atomic mass is 79.9. The smallest absolute Gasteiger partial charge is 0.224 e. The standard InChI is InChI=1S/C15H15BrN2O2/c16-13-4-1-11(2-5-13)3-6-15(20)18-14-9-17-8-7-12(14)10-19/h1-2,4-5,7-9,19H,3,6,10H2,(H,18,20). The van der Waals surface area contributed by atoms with Gasteiger partial charge in [-0.15, -0.1) is 0 Å². The second-order valence-corrected chi connectivity index (χ2v) is 5.28. The highest BCUT2D eigenvalue weighted by Crippen LogP contribution is 2.15. The van der Waals surface area contributed by atoms with Gasteiger partial charge in [-0.2, -0.15) is 0 Å². The number of amides is 1. The second kappa shape index (κ2) is 7.17. The Kier molecular flexibility index (Phi) is 5.26. The van der Waals surface area contributed by atoms with Crippen LogP contribution in [0.25, 0.3) is 0 Å². The Morgan fingerprint density at radius 2 is 2.00 bits per heavy atom. The first-order valence-corrected chi connectivity index (χ1v) is 7.06. The van der Waals surface area contributed by atoms with E-state index in [2.05, 4.69) is 26.2 Å². The summed E-state index contributed by atoms with van der Waals surface area (Å²) in [5, 5.41) is 12.0. The SMILES string of the molecule is O=C(CCc1ccc(Br)cc1)Nc1cnccc1CO. The molecule has 20 heavy (non-hydrogen) atoms. The molecule has 1 aromatic carbocycles. The molecule has 0 fully saturated rings. The Hall–Kier alpha value is -1.72. The second-order valence-electron chi connectivity index (χ2n) is 4.37. The van der Waals surface area contributed by atoms with E-state index in [0.29, 0.717) is 24.1 Å². The predicted octanol–water partition coefficient (Wildman–Crippen LogP) is 2.91. The lowest BCUT2D eigenvalue weighted by Crippen LogP contribution is -2.14. The van der Waals surface area contributed by atoms with Crippen LogP contribution in [0.2, 0.25) is 0 Å². The van der Waals surface area contributed by atoms with Crippen molar-refractivity contribution in [2.45, 2.75) is 19.4 Å². The van der Waals surface area contributed by atoms with Crippen LogP contribution in [0.15, 0.2) is 47.2 Å². The van der Waals surface area contributed by atoms with Gasteiger partial charge in [-0.1, -0.05) is 28.1 Å². The Morgan fingerprint density at radius 1 is 1.25 bits per heavy atom. The first-order chi connectivity index (χ1) is 9.69. The highest BCUT2D eigenvalue weighted by Gasteiger charge is 2.06. The molecule has 4 nitrogen and oxygen atoms in total. The van der Waals surface area contributed by atoms with Gasteiger partial charge in [-0.3, -0.25) is 9.78 Å². The van der Waals surface area contributed by atoms with Crippen LogP contribution in [0.1, 0.15) is 17.5 Å². The lowest BCUT2D eigenvalue weighted by atomic mass is 10.1. The number of aliphatic hydroxyl groups excluding tert-OH is 1.